The largest absolute Gasteiger partial charge is 0.311 e. The SMILES string of the molecule is CC(C)(C)c1ccc(-c2ccccc2-c2ccc3c(c2)B2c4cc(-c5ccccc5-c5ccc(C(C)(C)C)cc5)ccc4N(c4ccccc4-c4cc(C(C)(C)C)cc(C(C)(C)C)c4)c4cccc(c42)N3c2ccccc2-c2cc(C(C)(C)C)cc(C(C)(C)C)c2)cc1. The maximum absolute atomic E-state index is 2.62. The van der Waals surface area contributed by atoms with Crippen LogP contribution >= 0.6 is 0 Å². The molecule has 2 aliphatic heterocycles. The van der Waals surface area contributed by atoms with Crippen molar-refractivity contribution in [1.29, 1.82) is 0 Å². The van der Waals surface area contributed by atoms with Gasteiger partial charge in [0.1, 0.15) is 0 Å². The first-order chi connectivity index (χ1) is 43.9. The molecule has 0 bridgehead atoms. The van der Waals surface area contributed by atoms with E-state index in [9.17, 15) is 0 Å². The van der Waals surface area contributed by atoms with Gasteiger partial charge in [-0.05, 0) is 174 Å². The summed E-state index contributed by atoms with van der Waals surface area (Å²) in [5, 5.41) is 0. The van der Waals surface area contributed by atoms with Crippen molar-refractivity contribution in [3.05, 3.63) is 270 Å². The summed E-state index contributed by atoms with van der Waals surface area (Å²) in [7, 11) is 0. The molecule has 0 atom stereocenters. The van der Waals surface area contributed by atoms with E-state index < -0.39 is 0 Å². The molecule has 0 N–H and O–H groups in total. The maximum atomic E-state index is 2.62. The normalized spacial score (nSPS) is 13.4. The molecule has 11 aromatic carbocycles. The van der Waals surface area contributed by atoms with Crippen LogP contribution in [0, 0.1) is 0 Å². The average Bonchev–Trinajstić information content (AvgIpc) is 0.698. The Morgan fingerprint density at radius 1 is 0.204 bits per heavy atom. The smallest absolute Gasteiger partial charge is 0.252 e. The van der Waals surface area contributed by atoms with Crippen molar-refractivity contribution >= 4 is 57.2 Å². The van der Waals surface area contributed by atoms with Gasteiger partial charge in [-0.3, -0.25) is 0 Å². The van der Waals surface area contributed by atoms with Crippen molar-refractivity contribution < 1.29 is 0 Å². The molecule has 93 heavy (non-hydrogen) atoms. The Labute approximate surface area is 557 Å². The van der Waals surface area contributed by atoms with Gasteiger partial charge in [-0.25, -0.2) is 0 Å². The first kappa shape index (κ1) is 62.9. The van der Waals surface area contributed by atoms with E-state index >= 15 is 0 Å². The number of fused-ring (bicyclic) bond motifs is 4. The van der Waals surface area contributed by atoms with Gasteiger partial charge in [0.05, 0.1) is 11.4 Å². The van der Waals surface area contributed by atoms with Crippen LogP contribution in [0.4, 0.5) is 34.1 Å². The van der Waals surface area contributed by atoms with Gasteiger partial charge in [0.2, 0.25) is 0 Å². The molecule has 2 aliphatic rings. The van der Waals surface area contributed by atoms with Gasteiger partial charge in [-0.2, -0.15) is 0 Å². The minimum atomic E-state index is -0.169. The highest BCUT2D eigenvalue weighted by Crippen LogP contribution is 2.51. The molecule has 466 valence electrons. The number of hydrogen-bond acceptors (Lipinski definition) is 2. The zero-order valence-corrected chi connectivity index (χ0v) is 58.5. The molecule has 3 heteroatoms. The van der Waals surface area contributed by atoms with Gasteiger partial charge in [0.15, 0.2) is 0 Å². The summed E-state index contributed by atoms with van der Waals surface area (Å²) in [5.41, 5.74) is 33.1. The Kier molecular flexibility index (Phi) is 15.5. The summed E-state index contributed by atoms with van der Waals surface area (Å²) in [6.45, 7) is 41.8. The molecular formula is C90H93BN2. The highest BCUT2D eigenvalue weighted by molar-refractivity contribution is 7.00. The van der Waals surface area contributed by atoms with E-state index in [1.165, 1.54) is 139 Å². The maximum Gasteiger partial charge on any atom is 0.252 e. The molecule has 0 aromatic heterocycles. The van der Waals surface area contributed by atoms with Crippen LogP contribution in [0.25, 0.3) is 66.8 Å². The lowest BCUT2D eigenvalue weighted by atomic mass is 9.33. The van der Waals surface area contributed by atoms with Crippen LogP contribution < -0.4 is 26.2 Å². The predicted molar refractivity (Wildman–Crippen MR) is 405 cm³/mol. The number of benzene rings is 11. The minimum absolute atomic E-state index is 0.0428. The van der Waals surface area contributed by atoms with E-state index in [4.69, 9.17) is 0 Å². The van der Waals surface area contributed by atoms with Gasteiger partial charge < -0.3 is 9.80 Å². The third-order valence-electron chi connectivity index (χ3n) is 19.8. The van der Waals surface area contributed by atoms with E-state index in [1.54, 1.807) is 0 Å². The molecule has 2 heterocycles. The molecular weight excluding hydrogens is 1120 g/mol. The zero-order chi connectivity index (χ0) is 65.9. The number of anilines is 6. The van der Waals surface area contributed by atoms with Crippen LogP contribution in [0.2, 0.25) is 0 Å². The molecule has 0 spiro atoms. The third-order valence-corrected chi connectivity index (χ3v) is 19.8. The van der Waals surface area contributed by atoms with E-state index in [0.29, 0.717) is 0 Å². The summed E-state index contributed by atoms with van der Waals surface area (Å²) in [5.74, 6) is 0. The van der Waals surface area contributed by atoms with Crippen molar-refractivity contribution in [3.63, 3.8) is 0 Å². The van der Waals surface area contributed by atoms with Crippen LogP contribution in [0.15, 0.2) is 237 Å². The number of hydrogen-bond donors (Lipinski definition) is 0. The molecule has 13 rings (SSSR count). The van der Waals surface area contributed by atoms with Crippen LogP contribution in [0.3, 0.4) is 0 Å². The lowest BCUT2D eigenvalue weighted by molar-refractivity contribution is 0.568. The van der Waals surface area contributed by atoms with Crippen LogP contribution in [0.1, 0.15) is 158 Å². The molecule has 0 saturated carbocycles. The van der Waals surface area contributed by atoms with Gasteiger partial charge in [-0.15, -0.1) is 0 Å². The van der Waals surface area contributed by atoms with E-state index in [2.05, 4.69) is 371 Å². The van der Waals surface area contributed by atoms with Crippen molar-refractivity contribution in [2.75, 3.05) is 9.80 Å². The molecule has 0 radical (unpaired) electrons. The highest BCUT2D eigenvalue weighted by atomic mass is 15.2. The first-order valence-electron chi connectivity index (χ1n) is 33.8. The topological polar surface area (TPSA) is 6.48 Å². The number of para-hydroxylation sites is 2. The molecule has 11 aromatic rings. The Balaban J connectivity index is 1.12. The average molecular weight is 1210 g/mol. The Morgan fingerprint density at radius 3 is 0.785 bits per heavy atom. The van der Waals surface area contributed by atoms with Crippen molar-refractivity contribution in [1.82, 2.24) is 0 Å². The van der Waals surface area contributed by atoms with E-state index in [1.807, 2.05) is 0 Å². The summed E-state index contributed by atoms with van der Waals surface area (Å²) in [6.07, 6.45) is 0. The van der Waals surface area contributed by atoms with Crippen LogP contribution in [-0.4, -0.2) is 6.71 Å². The fraction of sp³-hybridized carbons (Fsp3) is 0.267. The monoisotopic (exact) mass is 1210 g/mol. The quantitative estimate of drug-likeness (QED) is 0.140. The van der Waals surface area contributed by atoms with Gasteiger partial charge in [-0.1, -0.05) is 325 Å². The van der Waals surface area contributed by atoms with Crippen molar-refractivity contribution in [3.8, 4) is 66.8 Å². The second-order valence-corrected chi connectivity index (χ2v) is 32.7. The van der Waals surface area contributed by atoms with Gasteiger partial charge >= 0.3 is 0 Å². The second kappa shape index (κ2) is 23.0. The second-order valence-electron chi connectivity index (χ2n) is 32.7. The summed E-state index contributed by atoms with van der Waals surface area (Å²) >= 11 is 0. The summed E-state index contributed by atoms with van der Waals surface area (Å²) in [4.78, 5) is 5.25. The lowest BCUT2D eigenvalue weighted by Gasteiger charge is -2.45. The molecule has 0 saturated heterocycles. The lowest BCUT2D eigenvalue weighted by Crippen LogP contribution is -2.61. The molecule has 0 fully saturated rings. The first-order valence-corrected chi connectivity index (χ1v) is 33.8. The van der Waals surface area contributed by atoms with Crippen LogP contribution in [0.5, 0.6) is 0 Å². The fourth-order valence-corrected chi connectivity index (χ4v) is 14.2. The zero-order valence-electron chi connectivity index (χ0n) is 58.5. The number of nitrogens with zero attached hydrogens (tertiary/aromatic N) is 2. The predicted octanol–water partition coefficient (Wildman–Crippen LogP) is 23.6. The van der Waals surface area contributed by atoms with Crippen molar-refractivity contribution in [2.24, 2.45) is 0 Å². The third kappa shape index (κ3) is 11.8. The summed E-state index contributed by atoms with van der Waals surface area (Å²) in [6, 6.07) is 91.7. The Morgan fingerprint density at radius 2 is 0.473 bits per heavy atom. The highest BCUT2D eigenvalue weighted by Gasteiger charge is 2.45. The fourth-order valence-electron chi connectivity index (χ4n) is 14.2. The molecule has 0 aliphatic carbocycles. The minimum Gasteiger partial charge on any atom is -0.311 e. The number of rotatable bonds is 8. The molecule has 0 unspecified atom stereocenters. The summed E-state index contributed by atoms with van der Waals surface area (Å²) < 4.78 is 0. The molecule has 2 nitrogen and oxygen atoms in total. The Hall–Kier alpha value is -8.92. The van der Waals surface area contributed by atoms with Crippen molar-refractivity contribution in [2.45, 2.75) is 157 Å². The van der Waals surface area contributed by atoms with Gasteiger partial charge in [0.25, 0.3) is 6.71 Å². The Bertz CT molecular complexity index is 4310. The van der Waals surface area contributed by atoms with E-state index in [0.717, 1.165) is 11.4 Å². The standard InChI is InChI=1S/C90H93BN2/c1-85(2,3)64-44-38-58(39-45-64)70-28-19-21-30-72(70)60-42-48-80-76(54-60)91-77-55-61(73-31-22-20-29-71(73)59-40-46-65(47-41-59)86(4,5)6)43-49-81(77)93(79-35-26-24-33-75(79)63-52-68(89(13,14)15)57-69(53-63)90(16,17)18)83-37-27-36-82(84(83)91)92(80)78-34-25-23-32-74(78)62-50-66(87(7,8)9)56-67(51-62)88(10,11)12/h19-57H,1-18H3. The van der Waals surface area contributed by atoms with Crippen LogP contribution in [-0.2, 0) is 32.5 Å². The van der Waals surface area contributed by atoms with Gasteiger partial charge in [0, 0.05) is 33.9 Å². The molecule has 0 amide bonds. The van der Waals surface area contributed by atoms with E-state index in [-0.39, 0.29) is 39.2 Å².